The lowest BCUT2D eigenvalue weighted by Gasteiger charge is -2.21. The van der Waals surface area contributed by atoms with E-state index >= 15 is 0 Å². The van der Waals surface area contributed by atoms with Gasteiger partial charge in [-0.3, -0.25) is 4.79 Å². The maximum Gasteiger partial charge on any atom is 0.271 e. The zero-order chi connectivity index (χ0) is 13.7. The first kappa shape index (κ1) is 14.4. The first-order chi connectivity index (χ1) is 9.20. The zero-order valence-electron chi connectivity index (χ0n) is 11.0. The minimum Gasteiger partial charge on any atom is -0.391 e. The number of amides is 1. The summed E-state index contributed by atoms with van der Waals surface area (Å²) in [7, 11) is 0. The molecule has 0 spiro atoms. The van der Waals surface area contributed by atoms with Gasteiger partial charge in [0.05, 0.1) is 17.2 Å². The highest BCUT2D eigenvalue weighted by atomic mass is 32.1. The van der Waals surface area contributed by atoms with E-state index in [0.717, 1.165) is 37.1 Å². The molecule has 106 valence electrons. The number of rotatable bonds is 4. The lowest BCUT2D eigenvalue weighted by molar-refractivity contribution is 0.0815. The smallest absolute Gasteiger partial charge is 0.271 e. The Morgan fingerprint density at radius 1 is 1.47 bits per heavy atom. The first-order valence-corrected chi connectivity index (χ1v) is 7.72. The fraction of sp³-hybridized carbons (Fsp3) is 0.692. The van der Waals surface area contributed by atoms with E-state index in [9.17, 15) is 9.90 Å². The lowest BCUT2D eigenvalue weighted by Crippen LogP contribution is -2.42. The van der Waals surface area contributed by atoms with Crippen LogP contribution in [-0.2, 0) is 6.42 Å². The number of carbonyl (C=O) groups is 1. The molecule has 0 aromatic carbocycles. The van der Waals surface area contributed by atoms with E-state index in [2.05, 4.69) is 10.3 Å². The molecule has 1 saturated carbocycles. The normalized spacial score (nSPS) is 23.9. The molecule has 2 rings (SSSR count). The first-order valence-electron chi connectivity index (χ1n) is 6.84. The SMILES string of the molecule is NCCc1nc(C(=O)NC2CCCCCC2O)cs1. The molecule has 1 aliphatic carbocycles. The van der Waals surface area contributed by atoms with E-state index in [0.29, 0.717) is 18.7 Å². The van der Waals surface area contributed by atoms with Crippen LogP contribution in [0.3, 0.4) is 0 Å². The molecule has 5 nitrogen and oxygen atoms in total. The number of thiazole rings is 1. The summed E-state index contributed by atoms with van der Waals surface area (Å²) in [5.74, 6) is -0.189. The Morgan fingerprint density at radius 2 is 2.26 bits per heavy atom. The van der Waals surface area contributed by atoms with Crippen molar-refractivity contribution >= 4 is 17.2 Å². The second-order valence-corrected chi connectivity index (χ2v) is 5.89. The lowest BCUT2D eigenvalue weighted by atomic mass is 10.1. The predicted octanol–water partition coefficient (Wildman–Crippen LogP) is 1.07. The molecule has 2 unspecified atom stereocenters. The molecule has 1 aromatic heterocycles. The minimum absolute atomic E-state index is 0.144. The van der Waals surface area contributed by atoms with Crippen LogP contribution in [-0.4, -0.2) is 34.7 Å². The number of nitrogens with zero attached hydrogens (tertiary/aromatic N) is 1. The molecule has 1 amide bonds. The van der Waals surface area contributed by atoms with E-state index in [1.807, 2.05) is 0 Å². The van der Waals surface area contributed by atoms with Gasteiger partial charge in [-0.2, -0.15) is 0 Å². The zero-order valence-corrected chi connectivity index (χ0v) is 11.8. The van der Waals surface area contributed by atoms with Crippen molar-refractivity contribution in [1.82, 2.24) is 10.3 Å². The van der Waals surface area contributed by atoms with Gasteiger partial charge in [-0.15, -0.1) is 11.3 Å². The van der Waals surface area contributed by atoms with Crippen molar-refractivity contribution in [3.05, 3.63) is 16.1 Å². The molecular formula is C13H21N3O2S. The number of aromatic nitrogens is 1. The van der Waals surface area contributed by atoms with E-state index in [-0.39, 0.29) is 11.9 Å². The van der Waals surface area contributed by atoms with Crippen molar-refractivity contribution in [3.63, 3.8) is 0 Å². The van der Waals surface area contributed by atoms with Crippen molar-refractivity contribution in [1.29, 1.82) is 0 Å². The standard InChI is InChI=1S/C13H21N3O2S/c14-7-6-12-15-10(8-19-12)13(18)16-9-4-2-1-3-5-11(9)17/h8-9,11,17H,1-7,14H2,(H,16,18). The summed E-state index contributed by atoms with van der Waals surface area (Å²) in [4.78, 5) is 16.3. The number of carbonyl (C=O) groups excluding carboxylic acids is 1. The number of nitrogens with one attached hydrogen (secondary N) is 1. The monoisotopic (exact) mass is 283 g/mol. The maximum absolute atomic E-state index is 12.1. The molecule has 0 saturated heterocycles. The largest absolute Gasteiger partial charge is 0.391 e. The molecule has 1 aliphatic rings. The fourth-order valence-electron chi connectivity index (χ4n) is 2.35. The van der Waals surface area contributed by atoms with Crippen LogP contribution in [0.1, 0.15) is 47.6 Å². The van der Waals surface area contributed by atoms with Gasteiger partial charge >= 0.3 is 0 Å². The highest BCUT2D eigenvalue weighted by Gasteiger charge is 2.24. The average molecular weight is 283 g/mol. The highest BCUT2D eigenvalue weighted by Crippen LogP contribution is 2.18. The van der Waals surface area contributed by atoms with Crippen molar-refractivity contribution < 1.29 is 9.90 Å². The minimum atomic E-state index is -0.436. The van der Waals surface area contributed by atoms with Crippen LogP contribution in [0.25, 0.3) is 0 Å². The van der Waals surface area contributed by atoms with E-state index in [4.69, 9.17) is 5.73 Å². The van der Waals surface area contributed by atoms with Crippen molar-refractivity contribution in [2.75, 3.05) is 6.54 Å². The van der Waals surface area contributed by atoms with Crippen LogP contribution in [0.15, 0.2) is 5.38 Å². The second kappa shape index (κ2) is 6.98. The summed E-state index contributed by atoms with van der Waals surface area (Å²) in [6, 6.07) is -0.144. The quantitative estimate of drug-likeness (QED) is 0.721. The third kappa shape index (κ3) is 3.99. The summed E-state index contributed by atoms with van der Waals surface area (Å²) in [6.07, 6.45) is 5.08. The molecule has 1 aromatic rings. The van der Waals surface area contributed by atoms with Crippen LogP contribution in [0.5, 0.6) is 0 Å². The summed E-state index contributed by atoms with van der Waals surface area (Å²) in [5.41, 5.74) is 5.90. The molecule has 4 N–H and O–H groups in total. The summed E-state index contributed by atoms with van der Waals surface area (Å²) < 4.78 is 0. The number of nitrogens with two attached hydrogens (primary N) is 1. The van der Waals surface area contributed by atoms with Crippen LogP contribution in [0.2, 0.25) is 0 Å². The fourth-order valence-corrected chi connectivity index (χ4v) is 3.15. The van der Waals surface area contributed by atoms with Crippen LogP contribution in [0, 0.1) is 0 Å². The van der Waals surface area contributed by atoms with Gasteiger partial charge in [-0.05, 0) is 19.4 Å². The second-order valence-electron chi connectivity index (χ2n) is 4.95. The van der Waals surface area contributed by atoms with Gasteiger partial charge < -0.3 is 16.2 Å². The number of aliphatic hydroxyl groups excluding tert-OH is 1. The summed E-state index contributed by atoms with van der Waals surface area (Å²) in [5, 5.41) is 15.5. The Hall–Kier alpha value is -0.980. The van der Waals surface area contributed by atoms with Crippen LogP contribution < -0.4 is 11.1 Å². The molecule has 19 heavy (non-hydrogen) atoms. The predicted molar refractivity (Wildman–Crippen MR) is 75.2 cm³/mol. The number of hydrogen-bond acceptors (Lipinski definition) is 5. The molecule has 0 aliphatic heterocycles. The number of hydrogen-bond donors (Lipinski definition) is 3. The Kier molecular flexibility index (Phi) is 5.30. The van der Waals surface area contributed by atoms with E-state index in [1.54, 1.807) is 5.38 Å². The average Bonchev–Trinajstić information content (AvgIpc) is 2.77. The molecule has 0 radical (unpaired) electrons. The van der Waals surface area contributed by atoms with Crippen molar-refractivity contribution in [2.24, 2.45) is 5.73 Å². The third-order valence-corrected chi connectivity index (χ3v) is 4.35. The maximum atomic E-state index is 12.1. The Morgan fingerprint density at radius 3 is 3.05 bits per heavy atom. The Labute approximate surface area is 117 Å². The van der Waals surface area contributed by atoms with Gasteiger partial charge in [0.15, 0.2) is 0 Å². The highest BCUT2D eigenvalue weighted by molar-refractivity contribution is 7.09. The molecule has 2 atom stereocenters. The third-order valence-electron chi connectivity index (χ3n) is 3.44. The van der Waals surface area contributed by atoms with Gasteiger partial charge in [0.1, 0.15) is 5.69 Å². The van der Waals surface area contributed by atoms with Gasteiger partial charge in [-0.25, -0.2) is 4.98 Å². The molecule has 1 fully saturated rings. The van der Waals surface area contributed by atoms with E-state index in [1.165, 1.54) is 11.3 Å². The van der Waals surface area contributed by atoms with Crippen molar-refractivity contribution in [3.8, 4) is 0 Å². The van der Waals surface area contributed by atoms with Gasteiger partial charge in [0.25, 0.3) is 5.91 Å². The van der Waals surface area contributed by atoms with Crippen molar-refractivity contribution in [2.45, 2.75) is 50.7 Å². The number of aliphatic hydroxyl groups is 1. The molecule has 0 bridgehead atoms. The van der Waals surface area contributed by atoms with Gasteiger partial charge in [-0.1, -0.05) is 19.3 Å². The van der Waals surface area contributed by atoms with Gasteiger partial charge in [0.2, 0.25) is 0 Å². The Bertz CT molecular complexity index is 422. The Balaban J connectivity index is 1.94. The van der Waals surface area contributed by atoms with Gasteiger partial charge in [0, 0.05) is 11.8 Å². The van der Waals surface area contributed by atoms with Crippen LogP contribution >= 0.6 is 11.3 Å². The summed E-state index contributed by atoms with van der Waals surface area (Å²) >= 11 is 1.45. The van der Waals surface area contributed by atoms with Crippen LogP contribution in [0.4, 0.5) is 0 Å². The molecule has 1 heterocycles. The summed E-state index contributed by atoms with van der Waals surface area (Å²) in [6.45, 7) is 0.538. The van der Waals surface area contributed by atoms with E-state index < -0.39 is 6.10 Å². The topological polar surface area (TPSA) is 88.2 Å². The molecule has 6 heteroatoms. The molecular weight excluding hydrogens is 262 g/mol.